The van der Waals surface area contributed by atoms with Crippen LogP contribution in [0.2, 0.25) is 5.02 Å². The van der Waals surface area contributed by atoms with Crippen molar-refractivity contribution in [2.75, 3.05) is 12.8 Å². The van der Waals surface area contributed by atoms with Gasteiger partial charge in [0.15, 0.2) is 0 Å². The summed E-state index contributed by atoms with van der Waals surface area (Å²) in [7, 11) is 1.59. The summed E-state index contributed by atoms with van der Waals surface area (Å²) >= 11 is 6.08. The molecule has 0 saturated heterocycles. The number of aromatic nitrogens is 2. The molecule has 1 aromatic carbocycles. The Morgan fingerprint density at radius 1 is 1.47 bits per heavy atom. The number of H-pyrrole nitrogens is 1. The number of aromatic amines is 1. The maximum Gasteiger partial charge on any atom is 0.145 e. The van der Waals surface area contributed by atoms with E-state index in [1.807, 2.05) is 12.1 Å². The maximum absolute atomic E-state index is 6.08. The predicted molar refractivity (Wildman–Crippen MR) is 60.0 cm³/mol. The van der Waals surface area contributed by atoms with Gasteiger partial charge in [-0.2, -0.15) is 5.10 Å². The number of nitrogens with zero attached hydrogens (tertiary/aromatic N) is 1. The van der Waals surface area contributed by atoms with Gasteiger partial charge in [-0.25, -0.2) is 0 Å². The van der Waals surface area contributed by atoms with Crippen molar-refractivity contribution in [3.8, 4) is 17.0 Å². The molecule has 78 valence electrons. The maximum atomic E-state index is 6.08. The fourth-order valence-corrected chi connectivity index (χ4v) is 1.67. The van der Waals surface area contributed by atoms with E-state index in [4.69, 9.17) is 22.1 Å². The summed E-state index contributed by atoms with van der Waals surface area (Å²) in [6.07, 6.45) is 0. The summed E-state index contributed by atoms with van der Waals surface area (Å²) in [6.45, 7) is 0. The van der Waals surface area contributed by atoms with Gasteiger partial charge in [0.05, 0.1) is 23.4 Å². The van der Waals surface area contributed by atoms with Gasteiger partial charge in [-0.15, -0.1) is 0 Å². The van der Waals surface area contributed by atoms with Crippen LogP contribution in [0.1, 0.15) is 0 Å². The molecule has 1 aromatic heterocycles. The molecule has 2 rings (SSSR count). The number of rotatable bonds is 2. The number of methoxy groups -OCH3 is 1. The summed E-state index contributed by atoms with van der Waals surface area (Å²) in [4.78, 5) is 0. The van der Waals surface area contributed by atoms with Crippen molar-refractivity contribution in [3.63, 3.8) is 0 Å². The minimum Gasteiger partial charge on any atom is -0.496 e. The number of anilines is 1. The van der Waals surface area contributed by atoms with Crippen LogP contribution in [0.4, 0.5) is 5.82 Å². The molecule has 0 aliphatic rings. The van der Waals surface area contributed by atoms with Gasteiger partial charge >= 0.3 is 0 Å². The number of hydrogen-bond acceptors (Lipinski definition) is 3. The zero-order chi connectivity index (χ0) is 10.8. The van der Waals surface area contributed by atoms with Crippen molar-refractivity contribution in [2.45, 2.75) is 0 Å². The molecule has 0 radical (unpaired) electrons. The van der Waals surface area contributed by atoms with Crippen molar-refractivity contribution in [3.05, 3.63) is 29.3 Å². The zero-order valence-electron chi connectivity index (χ0n) is 8.12. The van der Waals surface area contributed by atoms with Gasteiger partial charge in [-0.05, 0) is 12.1 Å². The van der Waals surface area contributed by atoms with E-state index >= 15 is 0 Å². The molecule has 1 heterocycles. The van der Waals surface area contributed by atoms with Crippen LogP contribution in [-0.2, 0) is 0 Å². The Morgan fingerprint density at radius 3 is 2.87 bits per heavy atom. The normalized spacial score (nSPS) is 10.3. The van der Waals surface area contributed by atoms with Crippen molar-refractivity contribution in [2.24, 2.45) is 0 Å². The summed E-state index contributed by atoms with van der Waals surface area (Å²) in [6, 6.07) is 7.16. The van der Waals surface area contributed by atoms with Crippen LogP contribution in [0, 0.1) is 0 Å². The minimum atomic E-state index is 0.423. The van der Waals surface area contributed by atoms with E-state index in [9.17, 15) is 0 Å². The summed E-state index contributed by atoms with van der Waals surface area (Å²) in [5.41, 5.74) is 7.05. The van der Waals surface area contributed by atoms with Crippen LogP contribution in [0.5, 0.6) is 5.75 Å². The molecule has 15 heavy (non-hydrogen) atoms. The summed E-state index contributed by atoms with van der Waals surface area (Å²) in [5.74, 6) is 1.11. The van der Waals surface area contributed by atoms with Gasteiger partial charge in [-0.1, -0.05) is 17.7 Å². The molecule has 0 saturated carbocycles. The van der Waals surface area contributed by atoms with Gasteiger partial charge in [0.1, 0.15) is 11.6 Å². The highest BCUT2D eigenvalue weighted by atomic mass is 35.5. The van der Waals surface area contributed by atoms with Gasteiger partial charge in [0.25, 0.3) is 0 Å². The van der Waals surface area contributed by atoms with Crippen LogP contribution in [0.3, 0.4) is 0 Å². The van der Waals surface area contributed by atoms with E-state index in [-0.39, 0.29) is 0 Å². The molecular weight excluding hydrogens is 214 g/mol. The van der Waals surface area contributed by atoms with E-state index in [0.717, 1.165) is 11.3 Å². The van der Waals surface area contributed by atoms with Crippen LogP contribution in [0.15, 0.2) is 24.3 Å². The van der Waals surface area contributed by atoms with Gasteiger partial charge < -0.3 is 10.5 Å². The average Bonchev–Trinajstić information content (AvgIpc) is 2.64. The quantitative estimate of drug-likeness (QED) is 0.821. The van der Waals surface area contributed by atoms with Crippen molar-refractivity contribution in [1.29, 1.82) is 0 Å². The number of nitrogen functional groups attached to an aromatic ring is 1. The Hall–Kier alpha value is -1.68. The molecule has 4 nitrogen and oxygen atoms in total. The summed E-state index contributed by atoms with van der Waals surface area (Å²) < 4.78 is 5.22. The lowest BCUT2D eigenvalue weighted by Crippen LogP contribution is -1.88. The molecule has 0 fully saturated rings. The Kier molecular flexibility index (Phi) is 2.51. The molecule has 0 unspecified atom stereocenters. The first-order valence-electron chi connectivity index (χ1n) is 4.36. The van der Waals surface area contributed by atoms with E-state index in [2.05, 4.69) is 10.2 Å². The van der Waals surface area contributed by atoms with Crippen LogP contribution >= 0.6 is 11.6 Å². The average molecular weight is 224 g/mol. The third-order valence-electron chi connectivity index (χ3n) is 2.06. The third kappa shape index (κ3) is 1.76. The lowest BCUT2D eigenvalue weighted by Gasteiger charge is -2.07. The Morgan fingerprint density at radius 2 is 2.27 bits per heavy atom. The van der Waals surface area contributed by atoms with E-state index in [1.165, 1.54) is 0 Å². The number of nitrogens with one attached hydrogen (secondary N) is 1. The first-order valence-corrected chi connectivity index (χ1v) is 4.74. The topological polar surface area (TPSA) is 63.9 Å². The first kappa shape index (κ1) is 9.86. The predicted octanol–water partition coefficient (Wildman–Crippen LogP) is 2.32. The number of hydrogen-bond donors (Lipinski definition) is 2. The fraction of sp³-hybridized carbons (Fsp3) is 0.100. The first-order chi connectivity index (χ1) is 7.22. The van der Waals surface area contributed by atoms with Crippen molar-refractivity contribution in [1.82, 2.24) is 10.2 Å². The number of nitrogens with two attached hydrogens (primary N) is 1. The molecule has 2 aromatic rings. The van der Waals surface area contributed by atoms with Crippen LogP contribution < -0.4 is 10.5 Å². The summed E-state index contributed by atoms with van der Waals surface area (Å²) in [5, 5.41) is 7.24. The molecule has 3 N–H and O–H groups in total. The highest BCUT2D eigenvalue weighted by molar-refractivity contribution is 6.33. The standard InChI is InChI=1S/C10H10ClN3O/c1-15-8-4-2-3-6(11)10(8)7-5-9(12)14-13-7/h2-5H,1H3,(H3,12,13,14). The highest BCUT2D eigenvalue weighted by Gasteiger charge is 2.11. The molecule has 0 amide bonds. The van der Waals surface area contributed by atoms with E-state index in [0.29, 0.717) is 16.6 Å². The Balaban J connectivity index is 2.60. The molecule has 0 spiro atoms. The lowest BCUT2D eigenvalue weighted by atomic mass is 10.1. The number of halogens is 1. The Labute approximate surface area is 92.0 Å². The monoisotopic (exact) mass is 223 g/mol. The SMILES string of the molecule is COc1cccc(Cl)c1-c1cc(N)n[nH]1. The van der Waals surface area contributed by atoms with Crippen LogP contribution in [0.25, 0.3) is 11.3 Å². The Bertz CT molecular complexity index is 481. The molecular formula is C10H10ClN3O. The molecule has 0 atom stereocenters. The highest BCUT2D eigenvalue weighted by Crippen LogP contribution is 2.35. The second-order valence-electron chi connectivity index (χ2n) is 3.02. The molecule has 0 aliphatic carbocycles. The van der Waals surface area contributed by atoms with E-state index < -0.39 is 0 Å². The number of benzene rings is 1. The van der Waals surface area contributed by atoms with Gasteiger partial charge in [0.2, 0.25) is 0 Å². The van der Waals surface area contributed by atoms with Gasteiger partial charge in [0, 0.05) is 6.07 Å². The second-order valence-corrected chi connectivity index (χ2v) is 3.43. The number of ether oxygens (including phenoxy) is 1. The largest absolute Gasteiger partial charge is 0.496 e. The van der Waals surface area contributed by atoms with E-state index in [1.54, 1.807) is 19.2 Å². The second kappa shape index (κ2) is 3.82. The van der Waals surface area contributed by atoms with Gasteiger partial charge in [-0.3, -0.25) is 5.10 Å². The molecule has 0 aliphatic heterocycles. The third-order valence-corrected chi connectivity index (χ3v) is 2.38. The molecule has 0 bridgehead atoms. The van der Waals surface area contributed by atoms with Crippen molar-refractivity contribution < 1.29 is 4.74 Å². The minimum absolute atomic E-state index is 0.423. The smallest absolute Gasteiger partial charge is 0.145 e. The van der Waals surface area contributed by atoms with Crippen molar-refractivity contribution >= 4 is 17.4 Å². The zero-order valence-corrected chi connectivity index (χ0v) is 8.88. The van der Waals surface area contributed by atoms with Crippen LogP contribution in [-0.4, -0.2) is 17.3 Å². The fourth-order valence-electron chi connectivity index (χ4n) is 1.40. The molecule has 5 heteroatoms. The lowest BCUT2D eigenvalue weighted by molar-refractivity contribution is 0.416.